The fourth-order valence-corrected chi connectivity index (χ4v) is 3.23. The molecular formula is C13H17FN2O. The number of nitrogens with zero attached hydrogens (tertiary/aromatic N) is 1. The van der Waals surface area contributed by atoms with Crippen molar-refractivity contribution >= 4 is 0 Å². The molecule has 1 aromatic rings. The lowest BCUT2D eigenvalue weighted by Gasteiger charge is -2.45. The van der Waals surface area contributed by atoms with Crippen molar-refractivity contribution in [1.82, 2.24) is 10.3 Å². The summed E-state index contributed by atoms with van der Waals surface area (Å²) in [5.74, 6) is -0.375. The second-order valence-electron chi connectivity index (χ2n) is 5.32. The predicted octanol–water partition coefficient (Wildman–Crippen LogP) is 1.71. The number of nitrogens with one attached hydrogen (secondary N) is 1. The van der Waals surface area contributed by atoms with Crippen LogP contribution in [0, 0.1) is 5.82 Å². The van der Waals surface area contributed by atoms with Crippen LogP contribution in [0.5, 0.6) is 0 Å². The molecule has 17 heavy (non-hydrogen) atoms. The number of hydrogen-bond donors (Lipinski definition) is 2. The molecule has 2 fully saturated rings. The molecule has 2 atom stereocenters. The van der Waals surface area contributed by atoms with Gasteiger partial charge in [-0.05, 0) is 31.7 Å². The minimum atomic E-state index is -0.907. The van der Waals surface area contributed by atoms with Gasteiger partial charge in [-0.2, -0.15) is 0 Å². The first-order chi connectivity index (χ1) is 8.16. The molecule has 0 amide bonds. The Morgan fingerprint density at radius 3 is 2.65 bits per heavy atom. The van der Waals surface area contributed by atoms with Crippen LogP contribution < -0.4 is 5.32 Å². The zero-order valence-corrected chi connectivity index (χ0v) is 9.69. The molecule has 0 radical (unpaired) electrons. The van der Waals surface area contributed by atoms with Gasteiger partial charge in [0.05, 0.1) is 11.8 Å². The summed E-state index contributed by atoms with van der Waals surface area (Å²) in [7, 11) is 0. The second-order valence-corrected chi connectivity index (χ2v) is 5.32. The Hall–Kier alpha value is -1.00. The number of piperidine rings is 2. The maximum Gasteiger partial charge on any atom is 0.141 e. The Balaban J connectivity index is 1.90. The average Bonchev–Trinajstić information content (AvgIpc) is 2.28. The molecule has 2 N–H and O–H groups in total. The second kappa shape index (κ2) is 4.03. The number of hydrogen-bond acceptors (Lipinski definition) is 3. The topological polar surface area (TPSA) is 45.2 Å². The van der Waals surface area contributed by atoms with Crippen molar-refractivity contribution in [3.8, 4) is 0 Å². The molecular weight excluding hydrogens is 219 g/mol. The summed E-state index contributed by atoms with van der Waals surface area (Å²) in [4.78, 5) is 3.84. The zero-order valence-electron chi connectivity index (χ0n) is 9.69. The lowest BCUT2D eigenvalue weighted by Crippen LogP contribution is -2.54. The molecule has 0 aliphatic carbocycles. The zero-order chi connectivity index (χ0) is 11.9. The molecule has 4 heteroatoms. The average molecular weight is 236 g/mol. The van der Waals surface area contributed by atoms with Crippen molar-refractivity contribution in [1.29, 1.82) is 0 Å². The Morgan fingerprint density at radius 2 is 2.00 bits per heavy atom. The smallest absolute Gasteiger partial charge is 0.141 e. The van der Waals surface area contributed by atoms with Crippen LogP contribution in [0.15, 0.2) is 18.5 Å². The maximum atomic E-state index is 13.2. The van der Waals surface area contributed by atoms with Gasteiger partial charge in [-0.3, -0.25) is 4.98 Å². The Labute approximate surface area is 100 Å². The van der Waals surface area contributed by atoms with E-state index >= 15 is 0 Å². The van der Waals surface area contributed by atoms with Crippen LogP contribution in [-0.4, -0.2) is 22.2 Å². The highest BCUT2D eigenvalue weighted by Gasteiger charge is 2.41. The highest BCUT2D eigenvalue weighted by atomic mass is 19.1. The van der Waals surface area contributed by atoms with Gasteiger partial charge < -0.3 is 10.4 Å². The molecule has 2 unspecified atom stereocenters. The molecule has 92 valence electrons. The van der Waals surface area contributed by atoms with E-state index in [4.69, 9.17) is 0 Å². The van der Waals surface area contributed by atoms with Crippen LogP contribution in [0.2, 0.25) is 0 Å². The third-order valence-corrected chi connectivity index (χ3v) is 3.99. The largest absolute Gasteiger partial charge is 0.385 e. The van der Waals surface area contributed by atoms with Crippen LogP contribution in [0.4, 0.5) is 4.39 Å². The monoisotopic (exact) mass is 236 g/mol. The summed E-state index contributed by atoms with van der Waals surface area (Å²) < 4.78 is 13.2. The molecule has 0 aromatic carbocycles. The minimum absolute atomic E-state index is 0.357. The Kier molecular flexibility index (Phi) is 2.64. The molecule has 0 spiro atoms. The molecule has 3 heterocycles. The first-order valence-corrected chi connectivity index (χ1v) is 6.25. The third kappa shape index (κ3) is 2.07. The fourth-order valence-electron chi connectivity index (χ4n) is 3.23. The molecule has 0 saturated carbocycles. The van der Waals surface area contributed by atoms with Gasteiger partial charge in [-0.15, -0.1) is 0 Å². The first-order valence-electron chi connectivity index (χ1n) is 6.25. The van der Waals surface area contributed by atoms with E-state index in [1.807, 2.05) is 0 Å². The van der Waals surface area contributed by atoms with Gasteiger partial charge in [0, 0.05) is 23.8 Å². The summed E-state index contributed by atoms with van der Waals surface area (Å²) in [6, 6.07) is 2.13. The molecule has 3 nitrogen and oxygen atoms in total. The van der Waals surface area contributed by atoms with Gasteiger partial charge in [0.25, 0.3) is 0 Å². The van der Waals surface area contributed by atoms with E-state index in [1.54, 1.807) is 6.20 Å². The number of fused-ring (bicyclic) bond motifs is 2. The number of rotatable bonds is 1. The third-order valence-electron chi connectivity index (χ3n) is 3.99. The Morgan fingerprint density at radius 1 is 1.29 bits per heavy atom. The summed E-state index contributed by atoms with van der Waals surface area (Å²) in [6.45, 7) is 0. The van der Waals surface area contributed by atoms with E-state index < -0.39 is 5.60 Å². The van der Waals surface area contributed by atoms with Crippen LogP contribution in [0.25, 0.3) is 0 Å². The molecule has 2 aliphatic rings. The van der Waals surface area contributed by atoms with Gasteiger partial charge in [0.15, 0.2) is 0 Å². The van der Waals surface area contributed by atoms with Crippen molar-refractivity contribution in [2.45, 2.75) is 49.8 Å². The SMILES string of the molecule is OC1(c2cncc(F)c2)CC2CCCC(C1)N2. The van der Waals surface area contributed by atoms with Gasteiger partial charge in [0.1, 0.15) is 5.82 Å². The maximum absolute atomic E-state index is 13.2. The lowest BCUT2D eigenvalue weighted by molar-refractivity contribution is -0.0363. The summed E-state index contributed by atoms with van der Waals surface area (Å²) in [6.07, 6.45) is 7.51. The van der Waals surface area contributed by atoms with Gasteiger partial charge in [-0.25, -0.2) is 4.39 Å². The van der Waals surface area contributed by atoms with Gasteiger partial charge in [0.2, 0.25) is 0 Å². The Bertz CT molecular complexity index is 412. The number of aromatic nitrogens is 1. The summed E-state index contributed by atoms with van der Waals surface area (Å²) >= 11 is 0. The molecule has 3 rings (SSSR count). The fraction of sp³-hybridized carbons (Fsp3) is 0.615. The van der Waals surface area contributed by atoms with E-state index in [0.717, 1.165) is 12.8 Å². The van der Waals surface area contributed by atoms with Crippen LogP contribution in [0.1, 0.15) is 37.7 Å². The minimum Gasteiger partial charge on any atom is -0.385 e. The highest BCUT2D eigenvalue weighted by Crippen LogP contribution is 2.39. The van der Waals surface area contributed by atoms with E-state index in [0.29, 0.717) is 30.5 Å². The summed E-state index contributed by atoms with van der Waals surface area (Å²) in [5, 5.41) is 14.2. The van der Waals surface area contributed by atoms with E-state index in [9.17, 15) is 9.50 Å². The number of aliphatic hydroxyl groups is 1. The first kappa shape index (κ1) is 11.1. The molecule has 2 bridgehead atoms. The standard InChI is InChI=1S/C13H17FN2O/c14-10-4-9(7-15-8-10)13(17)5-11-2-1-3-12(6-13)16-11/h4,7-8,11-12,16-17H,1-3,5-6H2. The molecule has 1 aromatic heterocycles. The van der Waals surface area contributed by atoms with Crippen molar-refractivity contribution in [3.63, 3.8) is 0 Å². The predicted molar refractivity (Wildman–Crippen MR) is 61.9 cm³/mol. The normalized spacial score (nSPS) is 36.8. The number of halogens is 1. The lowest BCUT2D eigenvalue weighted by atomic mass is 9.74. The molecule has 2 saturated heterocycles. The van der Waals surface area contributed by atoms with Crippen LogP contribution in [0.3, 0.4) is 0 Å². The summed E-state index contributed by atoms with van der Waals surface area (Å²) in [5.41, 5.74) is -0.285. The van der Waals surface area contributed by atoms with Crippen molar-refractivity contribution in [3.05, 3.63) is 29.8 Å². The van der Waals surface area contributed by atoms with E-state index in [2.05, 4.69) is 10.3 Å². The van der Waals surface area contributed by atoms with Gasteiger partial charge in [-0.1, -0.05) is 6.42 Å². The molecule has 2 aliphatic heterocycles. The van der Waals surface area contributed by atoms with Gasteiger partial charge >= 0.3 is 0 Å². The highest BCUT2D eigenvalue weighted by molar-refractivity contribution is 5.21. The van der Waals surface area contributed by atoms with Crippen LogP contribution >= 0.6 is 0 Å². The quantitative estimate of drug-likeness (QED) is 0.780. The van der Waals surface area contributed by atoms with E-state index in [1.165, 1.54) is 18.7 Å². The van der Waals surface area contributed by atoms with Crippen molar-refractivity contribution in [2.75, 3.05) is 0 Å². The van der Waals surface area contributed by atoms with Crippen molar-refractivity contribution < 1.29 is 9.50 Å². The van der Waals surface area contributed by atoms with Crippen LogP contribution in [-0.2, 0) is 5.60 Å². The van der Waals surface area contributed by atoms with E-state index in [-0.39, 0.29) is 5.82 Å². The number of pyridine rings is 1. The van der Waals surface area contributed by atoms with Crippen molar-refractivity contribution in [2.24, 2.45) is 0 Å².